The normalized spacial score (nSPS) is 26.1. The van der Waals surface area contributed by atoms with Crippen LogP contribution in [-0.2, 0) is 9.84 Å². The SMILES string of the molecule is CCCCC(N)CN(C)C1CCS(=O)(=O)C1. The third-order valence-corrected chi connectivity index (χ3v) is 5.03. The standard InChI is InChI=1S/C11H24N2O2S/c1-3-4-5-10(12)8-13(2)11-6-7-16(14,15)9-11/h10-11H,3-9,12H2,1-2H3. The van der Waals surface area contributed by atoms with Crippen molar-refractivity contribution in [2.75, 3.05) is 25.1 Å². The van der Waals surface area contributed by atoms with Gasteiger partial charge in [-0.3, -0.25) is 0 Å². The van der Waals surface area contributed by atoms with Gasteiger partial charge < -0.3 is 10.6 Å². The van der Waals surface area contributed by atoms with E-state index in [-0.39, 0.29) is 12.1 Å². The molecule has 0 spiro atoms. The molecule has 1 saturated heterocycles. The van der Waals surface area contributed by atoms with E-state index in [9.17, 15) is 8.42 Å². The van der Waals surface area contributed by atoms with Crippen molar-refractivity contribution in [1.82, 2.24) is 4.90 Å². The molecule has 0 saturated carbocycles. The van der Waals surface area contributed by atoms with Gasteiger partial charge in [-0.15, -0.1) is 0 Å². The largest absolute Gasteiger partial charge is 0.327 e. The summed E-state index contributed by atoms with van der Waals surface area (Å²) in [6.07, 6.45) is 4.10. The van der Waals surface area contributed by atoms with Gasteiger partial charge in [-0.05, 0) is 19.9 Å². The molecule has 2 atom stereocenters. The van der Waals surface area contributed by atoms with Crippen LogP contribution in [0.2, 0.25) is 0 Å². The molecule has 1 heterocycles. The summed E-state index contributed by atoms with van der Waals surface area (Å²) in [5.74, 6) is 0.649. The lowest BCUT2D eigenvalue weighted by molar-refractivity contribution is 0.241. The van der Waals surface area contributed by atoms with Gasteiger partial charge in [-0.1, -0.05) is 19.8 Å². The highest BCUT2D eigenvalue weighted by molar-refractivity contribution is 7.91. The summed E-state index contributed by atoms with van der Waals surface area (Å²) in [5.41, 5.74) is 6.00. The third-order valence-electron chi connectivity index (χ3n) is 3.28. The van der Waals surface area contributed by atoms with Gasteiger partial charge in [-0.25, -0.2) is 8.42 Å². The number of sulfone groups is 1. The van der Waals surface area contributed by atoms with Crippen LogP contribution in [0.25, 0.3) is 0 Å². The van der Waals surface area contributed by atoms with Crippen LogP contribution >= 0.6 is 0 Å². The van der Waals surface area contributed by atoms with E-state index in [0.717, 1.165) is 32.2 Å². The summed E-state index contributed by atoms with van der Waals surface area (Å²) in [6.45, 7) is 2.96. The molecular formula is C11H24N2O2S. The highest BCUT2D eigenvalue weighted by atomic mass is 32.2. The molecule has 0 aromatic heterocycles. The first kappa shape index (κ1) is 13.9. The maximum Gasteiger partial charge on any atom is 0.151 e. The number of hydrogen-bond acceptors (Lipinski definition) is 4. The lowest BCUT2D eigenvalue weighted by Crippen LogP contribution is -2.41. The topological polar surface area (TPSA) is 63.4 Å². The Balaban J connectivity index is 2.33. The predicted molar refractivity (Wildman–Crippen MR) is 67.2 cm³/mol. The van der Waals surface area contributed by atoms with E-state index in [1.165, 1.54) is 0 Å². The van der Waals surface area contributed by atoms with Crippen molar-refractivity contribution >= 4 is 9.84 Å². The zero-order chi connectivity index (χ0) is 12.2. The van der Waals surface area contributed by atoms with Crippen molar-refractivity contribution in [2.45, 2.75) is 44.7 Å². The van der Waals surface area contributed by atoms with Gasteiger partial charge >= 0.3 is 0 Å². The molecule has 16 heavy (non-hydrogen) atoms. The Morgan fingerprint density at radius 2 is 2.19 bits per heavy atom. The Labute approximate surface area is 99.1 Å². The summed E-state index contributed by atoms with van der Waals surface area (Å²) in [4.78, 5) is 2.12. The Bertz CT molecular complexity index is 303. The fraction of sp³-hybridized carbons (Fsp3) is 1.00. The van der Waals surface area contributed by atoms with Crippen molar-refractivity contribution in [3.63, 3.8) is 0 Å². The van der Waals surface area contributed by atoms with Crippen molar-refractivity contribution in [2.24, 2.45) is 5.73 Å². The molecule has 0 bridgehead atoms. The Hall–Kier alpha value is -0.130. The molecule has 0 amide bonds. The zero-order valence-electron chi connectivity index (χ0n) is 10.4. The van der Waals surface area contributed by atoms with Crippen molar-refractivity contribution in [1.29, 1.82) is 0 Å². The molecule has 0 aromatic rings. The molecule has 5 heteroatoms. The molecular weight excluding hydrogens is 224 g/mol. The molecule has 2 N–H and O–H groups in total. The molecule has 2 unspecified atom stereocenters. The fourth-order valence-electron chi connectivity index (χ4n) is 2.20. The van der Waals surface area contributed by atoms with E-state index in [2.05, 4.69) is 11.8 Å². The smallest absolute Gasteiger partial charge is 0.151 e. The number of hydrogen-bond donors (Lipinski definition) is 1. The predicted octanol–water partition coefficient (Wildman–Crippen LogP) is 0.623. The van der Waals surface area contributed by atoms with E-state index < -0.39 is 9.84 Å². The van der Waals surface area contributed by atoms with Crippen LogP contribution in [0.4, 0.5) is 0 Å². The minimum absolute atomic E-state index is 0.174. The van der Waals surface area contributed by atoms with Gasteiger partial charge in [0.05, 0.1) is 11.5 Å². The maximum absolute atomic E-state index is 11.3. The molecule has 0 radical (unpaired) electrons. The summed E-state index contributed by atoms with van der Waals surface area (Å²) >= 11 is 0. The van der Waals surface area contributed by atoms with Crippen molar-refractivity contribution in [3.8, 4) is 0 Å². The lowest BCUT2D eigenvalue weighted by Gasteiger charge is -2.26. The summed E-state index contributed by atoms with van der Waals surface area (Å²) in [6, 6.07) is 0.353. The van der Waals surface area contributed by atoms with Gasteiger partial charge in [0, 0.05) is 18.6 Å². The molecule has 96 valence electrons. The average molecular weight is 248 g/mol. The summed E-state index contributed by atoms with van der Waals surface area (Å²) in [7, 11) is -0.792. The van der Waals surface area contributed by atoms with Gasteiger partial charge in [0.15, 0.2) is 9.84 Å². The van der Waals surface area contributed by atoms with Crippen molar-refractivity contribution < 1.29 is 8.42 Å². The Kier molecular flexibility index (Phi) is 5.21. The van der Waals surface area contributed by atoms with Crippen LogP contribution in [0, 0.1) is 0 Å². The first-order valence-electron chi connectivity index (χ1n) is 6.11. The molecule has 0 aliphatic carbocycles. The lowest BCUT2D eigenvalue weighted by atomic mass is 10.1. The quantitative estimate of drug-likeness (QED) is 0.748. The number of rotatable bonds is 6. The summed E-state index contributed by atoms with van der Waals surface area (Å²) in [5, 5.41) is 0. The Morgan fingerprint density at radius 3 is 2.69 bits per heavy atom. The first-order chi connectivity index (χ1) is 7.44. The summed E-state index contributed by atoms with van der Waals surface area (Å²) < 4.78 is 22.7. The fourth-order valence-corrected chi connectivity index (χ4v) is 4.00. The third kappa shape index (κ3) is 4.39. The van der Waals surface area contributed by atoms with Gasteiger partial charge in [0.2, 0.25) is 0 Å². The maximum atomic E-state index is 11.3. The minimum Gasteiger partial charge on any atom is -0.327 e. The number of unbranched alkanes of at least 4 members (excludes halogenated alkanes) is 1. The van der Waals surface area contributed by atoms with Crippen LogP contribution in [0.5, 0.6) is 0 Å². The monoisotopic (exact) mass is 248 g/mol. The zero-order valence-corrected chi connectivity index (χ0v) is 11.2. The molecule has 1 aliphatic rings. The van der Waals surface area contributed by atoms with Crippen LogP contribution < -0.4 is 5.73 Å². The first-order valence-corrected chi connectivity index (χ1v) is 7.93. The highest BCUT2D eigenvalue weighted by Crippen LogP contribution is 2.16. The molecule has 1 fully saturated rings. The van der Waals surface area contributed by atoms with Gasteiger partial charge in [0.1, 0.15) is 0 Å². The van der Waals surface area contributed by atoms with Crippen LogP contribution in [0.1, 0.15) is 32.6 Å². The number of nitrogens with zero attached hydrogens (tertiary/aromatic N) is 1. The molecule has 1 aliphatic heterocycles. The van der Waals surface area contributed by atoms with Gasteiger partial charge in [-0.2, -0.15) is 0 Å². The van der Waals surface area contributed by atoms with E-state index in [0.29, 0.717) is 11.5 Å². The Morgan fingerprint density at radius 1 is 1.50 bits per heavy atom. The number of likely N-dealkylation sites (N-methyl/N-ethyl adjacent to an activating group) is 1. The van der Waals surface area contributed by atoms with E-state index in [1.54, 1.807) is 0 Å². The average Bonchev–Trinajstić information content (AvgIpc) is 2.56. The second kappa shape index (κ2) is 5.98. The highest BCUT2D eigenvalue weighted by Gasteiger charge is 2.30. The van der Waals surface area contributed by atoms with Crippen molar-refractivity contribution in [3.05, 3.63) is 0 Å². The van der Waals surface area contributed by atoms with E-state index >= 15 is 0 Å². The van der Waals surface area contributed by atoms with Crippen LogP contribution in [-0.4, -0.2) is 50.5 Å². The van der Waals surface area contributed by atoms with E-state index in [4.69, 9.17) is 5.73 Å². The van der Waals surface area contributed by atoms with Crippen LogP contribution in [0.3, 0.4) is 0 Å². The molecule has 4 nitrogen and oxygen atoms in total. The molecule has 1 rings (SSSR count). The van der Waals surface area contributed by atoms with Crippen LogP contribution in [0.15, 0.2) is 0 Å². The second-order valence-corrected chi connectivity index (χ2v) is 7.13. The molecule has 0 aromatic carbocycles. The second-order valence-electron chi connectivity index (χ2n) is 4.90. The number of nitrogens with two attached hydrogens (primary N) is 1. The minimum atomic E-state index is -2.78. The van der Waals surface area contributed by atoms with Gasteiger partial charge in [0.25, 0.3) is 0 Å². The van der Waals surface area contributed by atoms with E-state index in [1.807, 2.05) is 7.05 Å².